The van der Waals surface area contributed by atoms with Crippen molar-refractivity contribution >= 4 is 58.0 Å². The summed E-state index contributed by atoms with van der Waals surface area (Å²) in [6.45, 7) is 2.08. The monoisotopic (exact) mass is 445 g/mol. The Hall–Kier alpha value is -2.98. The summed E-state index contributed by atoms with van der Waals surface area (Å²) in [5.74, 6) is 0.138. The third kappa shape index (κ3) is 5.33. The molecule has 1 N–H and O–H groups in total. The predicted octanol–water partition coefficient (Wildman–Crippen LogP) is 3.39. The number of nitrogens with one attached hydrogen (secondary N) is 1. The molecule has 156 valence electrons. The van der Waals surface area contributed by atoms with E-state index in [-0.39, 0.29) is 18.2 Å². The highest BCUT2D eigenvalue weighted by Crippen LogP contribution is 2.32. The lowest BCUT2D eigenvalue weighted by molar-refractivity contribution is -0.122. The summed E-state index contributed by atoms with van der Waals surface area (Å²) in [5.41, 5.74) is 1.20. The summed E-state index contributed by atoms with van der Waals surface area (Å²) in [4.78, 5) is 38.1. The fourth-order valence-electron chi connectivity index (χ4n) is 2.71. The summed E-state index contributed by atoms with van der Waals surface area (Å²) in [5, 5.41) is 6.35. The summed E-state index contributed by atoms with van der Waals surface area (Å²) in [6, 6.07) is 8.35. The highest BCUT2D eigenvalue weighted by Gasteiger charge is 2.31. The second-order valence-electron chi connectivity index (χ2n) is 6.42. The Morgan fingerprint density at radius 2 is 2.07 bits per heavy atom. The number of nitrogens with zero attached hydrogens (tertiary/aromatic N) is 2. The second-order valence-corrected chi connectivity index (χ2v) is 8.10. The van der Waals surface area contributed by atoms with Crippen LogP contribution in [0, 0.1) is 6.92 Å². The molecule has 0 spiro atoms. The summed E-state index contributed by atoms with van der Waals surface area (Å²) < 4.78 is 10.0. The van der Waals surface area contributed by atoms with E-state index >= 15 is 0 Å². The largest absolute Gasteiger partial charge is 0.465 e. The Labute approximate surface area is 182 Å². The molecule has 1 saturated heterocycles. The lowest BCUT2D eigenvalue weighted by Gasteiger charge is -2.13. The van der Waals surface area contributed by atoms with Crippen LogP contribution in [-0.2, 0) is 14.3 Å². The van der Waals surface area contributed by atoms with E-state index in [4.69, 9.17) is 16.7 Å². The Morgan fingerprint density at radius 3 is 2.70 bits per heavy atom. The van der Waals surface area contributed by atoms with Crippen LogP contribution in [0.3, 0.4) is 0 Å². The first-order valence-corrected chi connectivity index (χ1v) is 10.3. The first-order valence-electron chi connectivity index (χ1n) is 9.04. The van der Waals surface area contributed by atoms with E-state index in [9.17, 15) is 14.4 Å². The number of carbonyl (C=O) groups excluding carboxylic acids is 3. The van der Waals surface area contributed by atoms with Gasteiger partial charge in [-0.15, -0.1) is 0 Å². The number of hydrogen-bond donors (Lipinski definition) is 1. The number of methoxy groups -OCH3 is 1. The first kappa shape index (κ1) is 21.7. The van der Waals surface area contributed by atoms with Crippen LogP contribution in [0.25, 0.3) is 6.08 Å². The van der Waals surface area contributed by atoms with Crippen LogP contribution in [0.1, 0.15) is 34.5 Å². The van der Waals surface area contributed by atoms with Crippen LogP contribution in [0.5, 0.6) is 0 Å². The van der Waals surface area contributed by atoms with Crippen molar-refractivity contribution in [2.75, 3.05) is 19.0 Å². The highest BCUT2D eigenvalue weighted by atomic mass is 32.2. The molecule has 1 aliphatic heterocycles. The zero-order valence-electron chi connectivity index (χ0n) is 16.3. The molecule has 0 saturated carbocycles. The molecule has 2 heterocycles. The SMILES string of the molecule is COC(=O)c1ccc(/C=C2/SC(=S)N(CCCC(=O)Nc3cc(C)on3)C2=O)cc1. The molecule has 1 aromatic heterocycles. The number of benzene rings is 1. The van der Waals surface area contributed by atoms with Crippen molar-refractivity contribution in [1.29, 1.82) is 0 Å². The molecule has 1 aromatic carbocycles. The van der Waals surface area contributed by atoms with Gasteiger partial charge in [-0.3, -0.25) is 14.5 Å². The van der Waals surface area contributed by atoms with Gasteiger partial charge in [-0.25, -0.2) is 4.79 Å². The lowest BCUT2D eigenvalue weighted by Crippen LogP contribution is -2.29. The number of carbonyl (C=O) groups is 3. The van der Waals surface area contributed by atoms with Gasteiger partial charge in [-0.1, -0.05) is 41.3 Å². The number of amides is 2. The Bertz CT molecular complexity index is 1010. The van der Waals surface area contributed by atoms with Crippen molar-refractivity contribution in [3.63, 3.8) is 0 Å². The number of aromatic nitrogens is 1. The van der Waals surface area contributed by atoms with Gasteiger partial charge in [0.2, 0.25) is 5.91 Å². The molecule has 3 rings (SSSR count). The molecule has 8 nitrogen and oxygen atoms in total. The molecule has 0 unspecified atom stereocenters. The maximum atomic E-state index is 12.7. The smallest absolute Gasteiger partial charge is 0.337 e. The maximum absolute atomic E-state index is 12.7. The van der Waals surface area contributed by atoms with Gasteiger partial charge in [0.1, 0.15) is 10.1 Å². The maximum Gasteiger partial charge on any atom is 0.337 e. The Morgan fingerprint density at radius 1 is 1.33 bits per heavy atom. The second kappa shape index (κ2) is 9.68. The number of rotatable bonds is 7. The minimum absolute atomic E-state index is 0.199. The summed E-state index contributed by atoms with van der Waals surface area (Å²) >= 11 is 6.52. The molecule has 10 heteroatoms. The minimum Gasteiger partial charge on any atom is -0.465 e. The normalized spacial score (nSPS) is 15.0. The van der Waals surface area contributed by atoms with Crippen molar-refractivity contribution < 1.29 is 23.6 Å². The minimum atomic E-state index is -0.421. The van der Waals surface area contributed by atoms with E-state index in [0.29, 0.717) is 39.3 Å². The third-order valence-electron chi connectivity index (χ3n) is 4.18. The number of thiocarbonyl (C=S) groups is 1. The molecular formula is C20H19N3O5S2. The van der Waals surface area contributed by atoms with Crippen LogP contribution in [-0.4, -0.2) is 45.8 Å². The molecule has 0 atom stereocenters. The van der Waals surface area contributed by atoms with Gasteiger partial charge in [-0.2, -0.15) is 0 Å². The van der Waals surface area contributed by atoms with Gasteiger partial charge >= 0.3 is 5.97 Å². The third-order valence-corrected chi connectivity index (χ3v) is 5.56. The van der Waals surface area contributed by atoms with Crippen molar-refractivity contribution in [3.8, 4) is 0 Å². The topological polar surface area (TPSA) is 102 Å². The number of aryl methyl sites for hydroxylation is 1. The Balaban J connectivity index is 1.54. The van der Waals surface area contributed by atoms with E-state index in [1.165, 1.54) is 23.8 Å². The van der Waals surface area contributed by atoms with Gasteiger partial charge in [0, 0.05) is 19.0 Å². The highest BCUT2D eigenvalue weighted by molar-refractivity contribution is 8.26. The lowest BCUT2D eigenvalue weighted by atomic mass is 10.1. The zero-order chi connectivity index (χ0) is 21.7. The van der Waals surface area contributed by atoms with E-state index < -0.39 is 5.97 Å². The van der Waals surface area contributed by atoms with Crippen molar-refractivity contribution in [1.82, 2.24) is 10.1 Å². The fourth-order valence-corrected chi connectivity index (χ4v) is 4.01. The molecule has 30 heavy (non-hydrogen) atoms. The molecule has 2 aromatic rings. The van der Waals surface area contributed by atoms with Crippen molar-refractivity contribution in [3.05, 3.63) is 52.1 Å². The number of anilines is 1. The number of ether oxygens (including phenoxy) is 1. The number of hydrogen-bond acceptors (Lipinski definition) is 8. The molecule has 0 aliphatic carbocycles. The Kier molecular flexibility index (Phi) is 7.01. The molecule has 0 bridgehead atoms. The quantitative estimate of drug-likeness (QED) is 0.393. The fraction of sp³-hybridized carbons (Fsp3) is 0.250. The van der Waals surface area contributed by atoms with Gasteiger partial charge < -0.3 is 14.6 Å². The number of esters is 1. The first-order chi connectivity index (χ1) is 14.4. The zero-order valence-corrected chi connectivity index (χ0v) is 18.0. The van der Waals surface area contributed by atoms with E-state index in [0.717, 1.165) is 5.56 Å². The van der Waals surface area contributed by atoms with Crippen LogP contribution < -0.4 is 5.32 Å². The molecule has 1 fully saturated rings. The summed E-state index contributed by atoms with van der Waals surface area (Å²) in [7, 11) is 1.32. The molecule has 2 amide bonds. The average Bonchev–Trinajstić information content (AvgIpc) is 3.25. The van der Waals surface area contributed by atoms with Crippen molar-refractivity contribution in [2.45, 2.75) is 19.8 Å². The van der Waals surface area contributed by atoms with E-state index in [1.54, 1.807) is 43.3 Å². The van der Waals surface area contributed by atoms with Gasteiger partial charge in [0.05, 0.1) is 17.6 Å². The standard InChI is InChI=1S/C20H19N3O5S2/c1-12-10-16(22-28-12)21-17(24)4-3-9-23-18(25)15(30-20(23)29)11-13-5-7-14(8-6-13)19(26)27-2/h5-8,10-11H,3-4,9H2,1-2H3,(H,21,22,24)/b15-11+. The van der Waals surface area contributed by atoms with Gasteiger partial charge in [0.25, 0.3) is 5.91 Å². The molecule has 1 aliphatic rings. The average molecular weight is 446 g/mol. The van der Waals surface area contributed by atoms with E-state index in [2.05, 4.69) is 15.2 Å². The number of thioether (sulfide) groups is 1. The van der Waals surface area contributed by atoms with Crippen LogP contribution in [0.15, 0.2) is 39.8 Å². The van der Waals surface area contributed by atoms with E-state index in [1.807, 2.05) is 0 Å². The van der Waals surface area contributed by atoms with Crippen LogP contribution in [0.2, 0.25) is 0 Å². The van der Waals surface area contributed by atoms with Crippen LogP contribution in [0.4, 0.5) is 5.82 Å². The summed E-state index contributed by atoms with van der Waals surface area (Å²) in [6.07, 6.45) is 2.40. The van der Waals surface area contributed by atoms with Crippen molar-refractivity contribution in [2.24, 2.45) is 0 Å². The predicted molar refractivity (Wildman–Crippen MR) is 117 cm³/mol. The van der Waals surface area contributed by atoms with Gasteiger partial charge in [-0.05, 0) is 37.1 Å². The molecule has 0 radical (unpaired) electrons. The van der Waals surface area contributed by atoms with Crippen LogP contribution >= 0.6 is 24.0 Å². The molecular weight excluding hydrogens is 426 g/mol. The van der Waals surface area contributed by atoms with Gasteiger partial charge in [0.15, 0.2) is 5.82 Å².